The number of carbonyl (C=O) groups is 1. The molecule has 0 spiro atoms. The maximum atomic E-state index is 13.0. The molecular weight excluding hydrogens is 243 g/mol. The van der Waals surface area contributed by atoms with Crippen molar-refractivity contribution in [3.05, 3.63) is 29.8 Å². The van der Waals surface area contributed by atoms with Crippen LogP contribution in [0.25, 0.3) is 11.0 Å². The molecule has 1 aromatic heterocycles. The number of aromatic nitrogens is 2. The van der Waals surface area contributed by atoms with Crippen LogP contribution >= 0.6 is 11.8 Å². The van der Waals surface area contributed by atoms with Gasteiger partial charge in [0.1, 0.15) is 11.6 Å². The van der Waals surface area contributed by atoms with Crippen LogP contribution < -0.4 is 0 Å². The third-order valence-corrected chi connectivity index (χ3v) is 3.31. The van der Waals surface area contributed by atoms with Crippen LogP contribution in [0.1, 0.15) is 5.82 Å². The van der Waals surface area contributed by atoms with E-state index < -0.39 is 5.97 Å². The van der Waals surface area contributed by atoms with Gasteiger partial charge in [0.2, 0.25) is 0 Å². The first-order chi connectivity index (χ1) is 8.08. The summed E-state index contributed by atoms with van der Waals surface area (Å²) in [7, 11) is 1.84. The van der Waals surface area contributed by atoms with Gasteiger partial charge in [-0.2, -0.15) is 0 Å². The van der Waals surface area contributed by atoms with Crippen molar-refractivity contribution in [1.82, 2.24) is 9.55 Å². The van der Waals surface area contributed by atoms with Crippen molar-refractivity contribution >= 4 is 28.8 Å². The number of hydrogen-bond acceptors (Lipinski definition) is 3. The van der Waals surface area contributed by atoms with Crippen LogP contribution in [0.2, 0.25) is 0 Å². The lowest BCUT2D eigenvalue weighted by atomic mass is 10.3. The van der Waals surface area contributed by atoms with Crippen molar-refractivity contribution in [2.24, 2.45) is 7.05 Å². The van der Waals surface area contributed by atoms with Crippen LogP contribution in [-0.2, 0) is 17.6 Å². The van der Waals surface area contributed by atoms with Gasteiger partial charge in [-0.1, -0.05) is 0 Å². The minimum absolute atomic E-state index is 0.0393. The Balaban J connectivity index is 2.23. The fourth-order valence-electron chi connectivity index (χ4n) is 1.58. The Bertz CT molecular complexity index is 568. The second kappa shape index (κ2) is 4.75. The molecule has 0 bridgehead atoms. The smallest absolute Gasteiger partial charge is 0.313 e. The van der Waals surface area contributed by atoms with E-state index in [2.05, 4.69) is 4.98 Å². The third-order valence-electron chi connectivity index (χ3n) is 2.39. The molecule has 0 saturated heterocycles. The van der Waals surface area contributed by atoms with Gasteiger partial charge >= 0.3 is 5.97 Å². The van der Waals surface area contributed by atoms with Gasteiger partial charge in [-0.05, 0) is 12.1 Å². The Labute approximate surface area is 101 Å². The number of thioether (sulfide) groups is 1. The molecule has 0 atom stereocenters. The first-order valence-electron chi connectivity index (χ1n) is 4.98. The Kier molecular flexibility index (Phi) is 3.33. The van der Waals surface area contributed by atoms with Gasteiger partial charge in [-0.15, -0.1) is 11.8 Å². The molecule has 90 valence electrons. The van der Waals surface area contributed by atoms with Crippen molar-refractivity contribution in [1.29, 1.82) is 0 Å². The molecule has 0 aliphatic rings. The zero-order valence-corrected chi connectivity index (χ0v) is 10.00. The van der Waals surface area contributed by atoms with Crippen molar-refractivity contribution in [2.45, 2.75) is 5.75 Å². The average Bonchev–Trinajstić information content (AvgIpc) is 2.55. The molecule has 2 rings (SSSR count). The number of aliphatic carboxylic acids is 1. The largest absolute Gasteiger partial charge is 0.481 e. The molecule has 0 aliphatic carbocycles. The summed E-state index contributed by atoms with van der Waals surface area (Å²) in [5, 5.41) is 8.54. The molecule has 2 aromatic rings. The first kappa shape index (κ1) is 11.9. The van der Waals surface area contributed by atoms with Crippen LogP contribution in [-0.4, -0.2) is 26.4 Å². The van der Waals surface area contributed by atoms with E-state index in [1.807, 2.05) is 11.6 Å². The highest BCUT2D eigenvalue weighted by Gasteiger charge is 2.09. The molecule has 17 heavy (non-hydrogen) atoms. The maximum Gasteiger partial charge on any atom is 0.313 e. The van der Waals surface area contributed by atoms with E-state index in [1.165, 1.54) is 23.9 Å². The van der Waals surface area contributed by atoms with E-state index in [9.17, 15) is 9.18 Å². The van der Waals surface area contributed by atoms with Crippen LogP contribution in [0.15, 0.2) is 18.2 Å². The summed E-state index contributed by atoms with van der Waals surface area (Å²) in [5.74, 6) is 0.119. The number of hydrogen-bond donors (Lipinski definition) is 1. The van der Waals surface area contributed by atoms with Gasteiger partial charge in [0.15, 0.2) is 0 Å². The van der Waals surface area contributed by atoms with Crippen molar-refractivity contribution in [2.75, 3.05) is 5.75 Å². The SMILES string of the molecule is Cn1c(CSCC(=O)O)nc2cc(F)ccc21. The Hall–Kier alpha value is -1.56. The van der Waals surface area contributed by atoms with Crippen molar-refractivity contribution < 1.29 is 14.3 Å². The number of halogens is 1. The Morgan fingerprint density at radius 1 is 1.59 bits per heavy atom. The van der Waals surface area contributed by atoms with Crippen molar-refractivity contribution in [3.63, 3.8) is 0 Å². The number of aryl methyl sites for hydroxylation is 1. The minimum atomic E-state index is -0.847. The van der Waals surface area contributed by atoms with Gasteiger partial charge in [0, 0.05) is 13.1 Å². The number of imidazole rings is 1. The standard InChI is InChI=1S/C11H11FN2O2S/c1-14-9-3-2-7(12)4-8(9)13-10(14)5-17-6-11(15)16/h2-4H,5-6H2,1H3,(H,15,16). The molecule has 0 saturated carbocycles. The molecule has 0 fully saturated rings. The maximum absolute atomic E-state index is 13.0. The molecule has 1 N–H and O–H groups in total. The van der Waals surface area contributed by atoms with Gasteiger partial charge in [-0.25, -0.2) is 9.37 Å². The van der Waals surface area contributed by atoms with Gasteiger partial charge in [-0.3, -0.25) is 4.79 Å². The quantitative estimate of drug-likeness (QED) is 0.907. The number of rotatable bonds is 4. The van der Waals surface area contributed by atoms with E-state index in [0.29, 0.717) is 11.3 Å². The van der Waals surface area contributed by atoms with Crippen molar-refractivity contribution in [3.8, 4) is 0 Å². The fraction of sp³-hybridized carbons (Fsp3) is 0.273. The van der Waals surface area contributed by atoms with E-state index in [0.717, 1.165) is 11.3 Å². The van der Waals surface area contributed by atoms with Crippen LogP contribution in [0.5, 0.6) is 0 Å². The summed E-state index contributed by atoms with van der Waals surface area (Å²) in [6, 6.07) is 4.43. The number of nitrogens with zero attached hydrogens (tertiary/aromatic N) is 2. The highest BCUT2D eigenvalue weighted by Crippen LogP contribution is 2.19. The molecule has 0 aliphatic heterocycles. The van der Waals surface area contributed by atoms with Crippen LogP contribution in [0, 0.1) is 5.82 Å². The number of fused-ring (bicyclic) bond motifs is 1. The van der Waals surface area contributed by atoms with Gasteiger partial charge in [0.25, 0.3) is 0 Å². The summed E-state index contributed by atoms with van der Waals surface area (Å²) >= 11 is 1.27. The number of carboxylic acids is 1. The fourth-order valence-corrected chi connectivity index (χ4v) is 2.30. The predicted octanol–water partition coefficient (Wildman–Crippen LogP) is 2.03. The molecule has 0 amide bonds. The van der Waals surface area contributed by atoms with E-state index in [1.54, 1.807) is 6.07 Å². The lowest BCUT2D eigenvalue weighted by molar-refractivity contribution is -0.133. The molecule has 0 radical (unpaired) electrons. The predicted molar refractivity (Wildman–Crippen MR) is 64.5 cm³/mol. The molecule has 0 unspecified atom stereocenters. The Morgan fingerprint density at radius 3 is 3.06 bits per heavy atom. The lowest BCUT2D eigenvalue weighted by Crippen LogP contribution is -2.01. The van der Waals surface area contributed by atoms with Crippen LogP contribution in [0.4, 0.5) is 4.39 Å². The number of carboxylic acid groups (broad SMARTS) is 1. The summed E-state index contributed by atoms with van der Waals surface area (Å²) < 4.78 is 14.9. The first-order valence-corrected chi connectivity index (χ1v) is 6.14. The monoisotopic (exact) mass is 254 g/mol. The molecule has 4 nitrogen and oxygen atoms in total. The van der Waals surface area contributed by atoms with E-state index >= 15 is 0 Å². The average molecular weight is 254 g/mol. The van der Waals surface area contributed by atoms with Gasteiger partial charge < -0.3 is 9.67 Å². The zero-order valence-electron chi connectivity index (χ0n) is 9.18. The molecule has 1 aromatic carbocycles. The molecular formula is C11H11FN2O2S. The second-order valence-electron chi connectivity index (χ2n) is 3.61. The third kappa shape index (κ3) is 2.58. The highest BCUT2D eigenvalue weighted by atomic mass is 32.2. The Morgan fingerprint density at radius 2 is 2.35 bits per heavy atom. The summed E-state index contributed by atoms with van der Waals surface area (Å²) in [6.07, 6.45) is 0. The number of benzene rings is 1. The molecule has 1 heterocycles. The molecule has 6 heteroatoms. The topological polar surface area (TPSA) is 55.1 Å². The highest BCUT2D eigenvalue weighted by molar-refractivity contribution is 7.99. The summed E-state index contributed by atoms with van der Waals surface area (Å²) in [4.78, 5) is 14.7. The lowest BCUT2D eigenvalue weighted by Gasteiger charge is -2.00. The minimum Gasteiger partial charge on any atom is -0.481 e. The van der Waals surface area contributed by atoms with Crippen LogP contribution in [0.3, 0.4) is 0 Å². The summed E-state index contributed by atoms with van der Waals surface area (Å²) in [6.45, 7) is 0. The van der Waals surface area contributed by atoms with E-state index in [-0.39, 0.29) is 11.6 Å². The zero-order chi connectivity index (χ0) is 12.4. The second-order valence-corrected chi connectivity index (χ2v) is 4.59. The summed E-state index contributed by atoms with van der Waals surface area (Å²) in [5.41, 5.74) is 1.44. The normalized spacial score (nSPS) is 10.9. The van der Waals surface area contributed by atoms with E-state index in [4.69, 9.17) is 5.11 Å². The van der Waals surface area contributed by atoms with Gasteiger partial charge in [0.05, 0.1) is 22.5 Å².